The van der Waals surface area contributed by atoms with E-state index in [1.165, 1.54) is 74.9 Å². The Morgan fingerprint density at radius 3 is 1.44 bits per heavy atom. The summed E-state index contributed by atoms with van der Waals surface area (Å²) in [6.07, 6.45) is 0. The molecule has 4 aromatic carbocycles. The van der Waals surface area contributed by atoms with Crippen LogP contribution in [0.15, 0.2) is 84.9 Å². The second-order valence-electron chi connectivity index (χ2n) is 7.12. The molecule has 0 aromatic heterocycles. The standard InChI is InChI=1S/C13H10FNO4.C13H12FNO2/c1-18-13-8-11(6-7-12(13)14)19-10-4-2-9(3-5-10)15(16)17;1-16-13-8-11(6-7-12(13)14)17-10-4-2-9(15)3-5-10/h2-8H,1H3;2-8H,15H2,1H3. The Balaban J connectivity index is 0.000000202. The molecule has 0 saturated carbocycles. The van der Waals surface area contributed by atoms with Gasteiger partial charge >= 0.3 is 0 Å². The summed E-state index contributed by atoms with van der Waals surface area (Å²) in [5.41, 5.74) is 6.20. The molecule has 0 amide bonds. The number of hydrogen-bond acceptors (Lipinski definition) is 7. The van der Waals surface area contributed by atoms with Crippen LogP contribution < -0.4 is 24.7 Å². The Hall–Kier alpha value is -4.86. The van der Waals surface area contributed by atoms with Crippen LogP contribution in [0.25, 0.3) is 0 Å². The number of nitrogens with zero attached hydrogens (tertiary/aromatic N) is 1. The summed E-state index contributed by atoms with van der Waals surface area (Å²) in [6.45, 7) is 0. The number of hydrogen-bond donors (Lipinski definition) is 1. The van der Waals surface area contributed by atoms with Crippen molar-refractivity contribution in [1.82, 2.24) is 0 Å². The lowest BCUT2D eigenvalue weighted by atomic mass is 10.3. The molecule has 2 N–H and O–H groups in total. The van der Waals surface area contributed by atoms with Crippen LogP contribution >= 0.6 is 0 Å². The van der Waals surface area contributed by atoms with Crippen LogP contribution in [0.2, 0.25) is 0 Å². The SMILES string of the molecule is COc1cc(Oc2ccc(N)cc2)ccc1F.COc1cc(Oc2ccc([N+](=O)[O-])cc2)ccc1F. The van der Waals surface area contributed by atoms with Crippen molar-refractivity contribution in [2.75, 3.05) is 20.0 Å². The molecule has 0 aliphatic carbocycles. The number of ether oxygens (including phenoxy) is 4. The number of nitrogens with two attached hydrogens (primary N) is 1. The third kappa shape index (κ3) is 7.07. The molecule has 4 aromatic rings. The quantitative estimate of drug-likeness (QED) is 0.171. The predicted octanol–water partition coefficient (Wildman–Crippen LogP) is 6.74. The Morgan fingerprint density at radius 1 is 0.667 bits per heavy atom. The van der Waals surface area contributed by atoms with Crippen molar-refractivity contribution in [2.24, 2.45) is 0 Å². The largest absolute Gasteiger partial charge is 0.494 e. The van der Waals surface area contributed by atoms with Gasteiger partial charge in [-0.05, 0) is 60.7 Å². The highest BCUT2D eigenvalue weighted by atomic mass is 19.1. The molecule has 0 aliphatic rings. The highest BCUT2D eigenvalue weighted by Gasteiger charge is 2.08. The molecule has 0 fully saturated rings. The second-order valence-corrected chi connectivity index (χ2v) is 7.12. The molecule has 4 rings (SSSR count). The van der Waals surface area contributed by atoms with Gasteiger partial charge in [-0.1, -0.05) is 0 Å². The number of nitro benzene ring substituents is 1. The van der Waals surface area contributed by atoms with Crippen molar-refractivity contribution in [2.45, 2.75) is 0 Å². The molecule has 0 heterocycles. The van der Waals surface area contributed by atoms with Crippen molar-refractivity contribution in [3.05, 3.63) is 107 Å². The number of non-ortho nitro benzene ring substituents is 1. The first-order valence-electron chi connectivity index (χ1n) is 10.4. The normalized spacial score (nSPS) is 10.0. The van der Waals surface area contributed by atoms with E-state index in [-0.39, 0.29) is 17.2 Å². The van der Waals surface area contributed by atoms with E-state index >= 15 is 0 Å². The van der Waals surface area contributed by atoms with E-state index in [0.717, 1.165) is 0 Å². The van der Waals surface area contributed by atoms with E-state index in [2.05, 4.69) is 0 Å². The van der Waals surface area contributed by atoms with Gasteiger partial charge in [0.1, 0.15) is 23.0 Å². The average molecular weight is 496 g/mol. The van der Waals surface area contributed by atoms with Crippen molar-refractivity contribution >= 4 is 11.4 Å². The molecule has 8 nitrogen and oxygen atoms in total. The van der Waals surface area contributed by atoms with Crippen LogP contribution in [-0.2, 0) is 0 Å². The lowest BCUT2D eigenvalue weighted by Gasteiger charge is -2.08. The zero-order valence-corrected chi connectivity index (χ0v) is 19.3. The lowest BCUT2D eigenvalue weighted by Crippen LogP contribution is -1.91. The zero-order valence-electron chi connectivity index (χ0n) is 19.3. The van der Waals surface area contributed by atoms with Gasteiger partial charge < -0.3 is 24.7 Å². The van der Waals surface area contributed by atoms with Crippen molar-refractivity contribution in [1.29, 1.82) is 0 Å². The smallest absolute Gasteiger partial charge is 0.269 e. The van der Waals surface area contributed by atoms with E-state index in [1.54, 1.807) is 24.3 Å². The predicted molar refractivity (Wildman–Crippen MR) is 130 cm³/mol. The fourth-order valence-electron chi connectivity index (χ4n) is 2.85. The van der Waals surface area contributed by atoms with Crippen LogP contribution in [0, 0.1) is 21.7 Å². The molecular formula is C26H22F2N2O6. The van der Waals surface area contributed by atoms with E-state index in [0.29, 0.717) is 28.7 Å². The van der Waals surface area contributed by atoms with Gasteiger partial charge in [-0.15, -0.1) is 0 Å². The van der Waals surface area contributed by atoms with Gasteiger partial charge in [0.15, 0.2) is 23.1 Å². The maximum atomic E-state index is 13.2. The molecule has 0 atom stereocenters. The minimum atomic E-state index is -0.495. The molecule has 0 unspecified atom stereocenters. The minimum absolute atomic E-state index is 0.0240. The third-order valence-electron chi connectivity index (χ3n) is 4.64. The first-order valence-corrected chi connectivity index (χ1v) is 10.4. The Labute approximate surface area is 205 Å². The molecule has 0 saturated heterocycles. The van der Waals surface area contributed by atoms with E-state index in [9.17, 15) is 18.9 Å². The van der Waals surface area contributed by atoms with Gasteiger partial charge in [-0.2, -0.15) is 0 Å². The van der Waals surface area contributed by atoms with Crippen molar-refractivity contribution in [3.8, 4) is 34.5 Å². The first kappa shape index (κ1) is 25.8. The number of nitro groups is 1. The third-order valence-corrected chi connectivity index (χ3v) is 4.64. The van der Waals surface area contributed by atoms with Gasteiger partial charge in [-0.3, -0.25) is 10.1 Å². The minimum Gasteiger partial charge on any atom is -0.494 e. The number of anilines is 1. The summed E-state index contributed by atoms with van der Waals surface area (Å²) in [5, 5.41) is 10.5. The fourth-order valence-corrected chi connectivity index (χ4v) is 2.85. The summed E-state index contributed by atoms with van der Waals surface area (Å²) in [7, 11) is 2.76. The first-order chi connectivity index (χ1) is 17.3. The van der Waals surface area contributed by atoms with Crippen molar-refractivity contribution in [3.63, 3.8) is 0 Å². The van der Waals surface area contributed by atoms with Gasteiger partial charge in [0.2, 0.25) is 0 Å². The van der Waals surface area contributed by atoms with E-state index in [1.807, 2.05) is 0 Å². The molecule has 0 bridgehead atoms. The van der Waals surface area contributed by atoms with Gasteiger partial charge in [0.25, 0.3) is 5.69 Å². The van der Waals surface area contributed by atoms with Crippen LogP contribution in [0.4, 0.5) is 20.2 Å². The lowest BCUT2D eigenvalue weighted by molar-refractivity contribution is -0.384. The topological polar surface area (TPSA) is 106 Å². The van der Waals surface area contributed by atoms with Crippen LogP contribution in [0.5, 0.6) is 34.5 Å². The Kier molecular flexibility index (Phi) is 8.60. The number of halogens is 2. The molecular weight excluding hydrogens is 474 g/mol. The molecule has 0 radical (unpaired) electrons. The van der Waals surface area contributed by atoms with Crippen LogP contribution in [-0.4, -0.2) is 19.1 Å². The summed E-state index contributed by atoms with van der Waals surface area (Å²) < 4.78 is 47.0. The number of benzene rings is 4. The fraction of sp³-hybridized carbons (Fsp3) is 0.0769. The van der Waals surface area contributed by atoms with Gasteiger partial charge in [0.05, 0.1) is 19.1 Å². The Morgan fingerprint density at radius 2 is 1.06 bits per heavy atom. The zero-order chi connectivity index (χ0) is 26.1. The summed E-state index contributed by atoms with van der Waals surface area (Å²) >= 11 is 0. The monoisotopic (exact) mass is 496 g/mol. The average Bonchev–Trinajstić information content (AvgIpc) is 2.88. The Bertz CT molecular complexity index is 1320. The highest BCUT2D eigenvalue weighted by molar-refractivity contribution is 5.44. The number of methoxy groups -OCH3 is 2. The van der Waals surface area contributed by atoms with Gasteiger partial charge in [0, 0.05) is 30.0 Å². The van der Waals surface area contributed by atoms with Crippen LogP contribution in [0.3, 0.4) is 0 Å². The highest BCUT2D eigenvalue weighted by Crippen LogP contribution is 2.29. The maximum Gasteiger partial charge on any atom is 0.269 e. The molecule has 186 valence electrons. The number of rotatable bonds is 7. The molecule has 0 spiro atoms. The molecule has 36 heavy (non-hydrogen) atoms. The molecule has 0 aliphatic heterocycles. The van der Waals surface area contributed by atoms with Crippen molar-refractivity contribution < 1.29 is 32.7 Å². The van der Waals surface area contributed by atoms with E-state index < -0.39 is 16.6 Å². The maximum absolute atomic E-state index is 13.2. The second kappa shape index (κ2) is 12.0. The number of nitrogen functional groups attached to an aromatic ring is 1. The summed E-state index contributed by atoms with van der Waals surface area (Å²) in [6, 6.07) is 20.9. The van der Waals surface area contributed by atoms with E-state index in [4.69, 9.17) is 24.7 Å². The summed E-state index contributed by atoms with van der Waals surface area (Å²) in [4.78, 5) is 10.0. The van der Waals surface area contributed by atoms with Crippen LogP contribution in [0.1, 0.15) is 0 Å². The summed E-state index contributed by atoms with van der Waals surface area (Å²) in [5.74, 6) is 1.25. The van der Waals surface area contributed by atoms with Gasteiger partial charge in [-0.25, -0.2) is 8.78 Å². The molecule has 10 heteroatoms.